The number of hydrogen-bond acceptors (Lipinski definition) is 6. The number of nitrogens with one attached hydrogen (secondary N) is 2. The van der Waals surface area contributed by atoms with Crippen molar-refractivity contribution in [3.05, 3.63) is 52.9 Å². The first-order chi connectivity index (χ1) is 18.7. The summed E-state index contributed by atoms with van der Waals surface area (Å²) in [6.07, 6.45) is 0.996. The van der Waals surface area contributed by atoms with Crippen molar-refractivity contribution in [2.45, 2.75) is 85.0 Å². The number of alkyl carbamates (subject to hydrolysis) is 1. The third kappa shape index (κ3) is 6.81. The van der Waals surface area contributed by atoms with Crippen LogP contribution in [-0.2, 0) is 14.3 Å². The van der Waals surface area contributed by atoms with Crippen molar-refractivity contribution in [3.8, 4) is 11.3 Å². The standard InChI is InChI=1S/C31H40N4O4S/c1-19(32-29(38)39-31(5,6)7)26(36)34-25(30(2,3)4)28(37)35-17-11-16-24(35)27-33-23(18-40-27)22-15-10-13-20-12-8-9-14-21(20)22/h8-10,12-15,18-19,24-25H,11,16-17H2,1-7H3,(H,32,38)(H,34,36)/t19-,24-,25+/m0/s1. The molecule has 0 radical (unpaired) electrons. The summed E-state index contributed by atoms with van der Waals surface area (Å²) in [6, 6.07) is 12.7. The summed E-state index contributed by atoms with van der Waals surface area (Å²) in [7, 11) is 0. The van der Waals surface area contributed by atoms with Crippen molar-refractivity contribution >= 4 is 40.0 Å². The smallest absolute Gasteiger partial charge is 0.408 e. The van der Waals surface area contributed by atoms with Crippen molar-refractivity contribution in [1.29, 1.82) is 0 Å². The highest BCUT2D eigenvalue weighted by Gasteiger charge is 2.41. The topological polar surface area (TPSA) is 101 Å². The molecule has 4 rings (SSSR count). The van der Waals surface area contributed by atoms with Crippen LogP contribution >= 0.6 is 11.3 Å². The van der Waals surface area contributed by atoms with E-state index in [4.69, 9.17) is 9.72 Å². The first kappa shape index (κ1) is 29.5. The van der Waals surface area contributed by atoms with Gasteiger partial charge in [-0.2, -0.15) is 0 Å². The molecule has 2 heterocycles. The van der Waals surface area contributed by atoms with Crippen LogP contribution in [0.15, 0.2) is 47.8 Å². The summed E-state index contributed by atoms with van der Waals surface area (Å²) in [5.41, 5.74) is 0.738. The average Bonchev–Trinajstić information content (AvgIpc) is 3.54. The molecule has 0 unspecified atom stereocenters. The van der Waals surface area contributed by atoms with Crippen LogP contribution in [0.5, 0.6) is 0 Å². The number of carbonyl (C=O) groups excluding carboxylic acids is 3. The molecule has 1 aromatic heterocycles. The number of ether oxygens (including phenoxy) is 1. The van der Waals surface area contributed by atoms with Crippen molar-refractivity contribution in [3.63, 3.8) is 0 Å². The molecule has 3 amide bonds. The van der Waals surface area contributed by atoms with Gasteiger partial charge in [-0.05, 0) is 56.7 Å². The molecule has 1 aliphatic rings. The molecule has 3 aromatic rings. The van der Waals surface area contributed by atoms with E-state index >= 15 is 0 Å². The number of hydrogen-bond donors (Lipinski definition) is 2. The summed E-state index contributed by atoms with van der Waals surface area (Å²) in [5, 5.41) is 10.7. The third-order valence-electron chi connectivity index (χ3n) is 6.93. The van der Waals surface area contributed by atoms with Crippen LogP contribution < -0.4 is 10.6 Å². The number of likely N-dealkylation sites (tertiary alicyclic amines) is 1. The van der Waals surface area contributed by atoms with Crippen LogP contribution in [0.3, 0.4) is 0 Å². The Balaban J connectivity index is 1.51. The molecule has 2 N–H and O–H groups in total. The number of rotatable bonds is 6. The van der Waals surface area contributed by atoms with E-state index in [-0.39, 0.29) is 11.9 Å². The zero-order valence-electron chi connectivity index (χ0n) is 24.4. The Morgan fingerprint density at radius 2 is 1.73 bits per heavy atom. The number of benzene rings is 2. The van der Waals surface area contributed by atoms with Crippen LogP contribution in [0.4, 0.5) is 4.79 Å². The van der Waals surface area contributed by atoms with Crippen LogP contribution in [0.25, 0.3) is 22.0 Å². The first-order valence-corrected chi connectivity index (χ1v) is 14.7. The van der Waals surface area contributed by atoms with E-state index in [1.807, 2.05) is 43.9 Å². The van der Waals surface area contributed by atoms with E-state index in [1.54, 1.807) is 39.0 Å². The molecule has 3 atom stereocenters. The molecule has 0 aliphatic carbocycles. The maximum absolute atomic E-state index is 14.0. The molecule has 8 nitrogen and oxygen atoms in total. The highest BCUT2D eigenvalue weighted by molar-refractivity contribution is 7.10. The van der Waals surface area contributed by atoms with Crippen LogP contribution in [0.1, 0.15) is 72.4 Å². The lowest BCUT2D eigenvalue weighted by Gasteiger charge is -2.36. The van der Waals surface area contributed by atoms with Gasteiger partial charge in [0.25, 0.3) is 0 Å². The fourth-order valence-corrected chi connectivity index (χ4v) is 5.90. The maximum atomic E-state index is 14.0. The van der Waals surface area contributed by atoms with E-state index in [9.17, 15) is 14.4 Å². The summed E-state index contributed by atoms with van der Waals surface area (Å²) in [6.45, 7) is 13.2. The molecule has 0 bridgehead atoms. The van der Waals surface area contributed by atoms with Crippen LogP contribution in [0.2, 0.25) is 0 Å². The monoisotopic (exact) mass is 564 g/mol. The molecule has 40 heavy (non-hydrogen) atoms. The zero-order valence-corrected chi connectivity index (χ0v) is 25.2. The van der Waals surface area contributed by atoms with Crippen molar-refractivity contribution < 1.29 is 19.1 Å². The minimum atomic E-state index is -0.871. The number of thiazole rings is 1. The number of nitrogens with zero attached hydrogens (tertiary/aromatic N) is 2. The second-order valence-electron chi connectivity index (χ2n) is 12.5. The number of amides is 3. The predicted molar refractivity (Wildman–Crippen MR) is 159 cm³/mol. The van der Waals surface area contributed by atoms with E-state index in [0.29, 0.717) is 6.54 Å². The first-order valence-electron chi connectivity index (χ1n) is 13.8. The second-order valence-corrected chi connectivity index (χ2v) is 13.4. The van der Waals surface area contributed by atoms with Gasteiger partial charge in [-0.25, -0.2) is 9.78 Å². The second kappa shape index (κ2) is 11.6. The summed E-state index contributed by atoms with van der Waals surface area (Å²) in [4.78, 5) is 46.1. The van der Waals surface area contributed by atoms with Gasteiger partial charge in [-0.15, -0.1) is 11.3 Å². The zero-order chi connectivity index (χ0) is 29.2. The highest BCUT2D eigenvalue weighted by atomic mass is 32.1. The molecule has 214 valence electrons. The summed E-state index contributed by atoms with van der Waals surface area (Å²) >= 11 is 1.57. The SMILES string of the molecule is C[C@H](NC(=O)OC(C)(C)C)C(=O)N[C@H](C(=O)N1CCC[C@H]1c1nc(-c2cccc3ccccc23)cs1)C(C)(C)C. The van der Waals surface area contributed by atoms with Gasteiger partial charge in [-0.1, -0.05) is 63.2 Å². The number of aromatic nitrogens is 1. The fourth-order valence-electron chi connectivity index (χ4n) is 4.93. The van der Waals surface area contributed by atoms with Crippen molar-refractivity contribution in [2.75, 3.05) is 6.54 Å². The Kier molecular flexibility index (Phi) is 8.54. The van der Waals surface area contributed by atoms with Gasteiger partial charge in [0.05, 0.1) is 11.7 Å². The molecule has 0 spiro atoms. The van der Waals surface area contributed by atoms with E-state index < -0.39 is 35.1 Å². The van der Waals surface area contributed by atoms with Gasteiger partial charge in [-0.3, -0.25) is 9.59 Å². The van der Waals surface area contributed by atoms with Gasteiger partial charge in [0, 0.05) is 17.5 Å². The van der Waals surface area contributed by atoms with Gasteiger partial charge in [0.15, 0.2) is 0 Å². The summed E-state index contributed by atoms with van der Waals surface area (Å²) < 4.78 is 5.27. The Morgan fingerprint density at radius 3 is 2.42 bits per heavy atom. The Morgan fingerprint density at radius 1 is 1.02 bits per heavy atom. The van der Waals surface area contributed by atoms with Gasteiger partial charge in [0.2, 0.25) is 11.8 Å². The molecular formula is C31H40N4O4S. The molecular weight excluding hydrogens is 524 g/mol. The van der Waals surface area contributed by atoms with Crippen LogP contribution in [0, 0.1) is 5.41 Å². The number of fused-ring (bicyclic) bond motifs is 1. The Hall–Kier alpha value is -3.46. The van der Waals surface area contributed by atoms with E-state index in [1.165, 1.54) is 0 Å². The number of carbonyl (C=O) groups is 3. The average molecular weight is 565 g/mol. The lowest BCUT2D eigenvalue weighted by atomic mass is 9.85. The van der Waals surface area contributed by atoms with Gasteiger partial charge < -0.3 is 20.3 Å². The minimum absolute atomic E-state index is 0.144. The lowest BCUT2D eigenvalue weighted by molar-refractivity contribution is -0.140. The molecule has 9 heteroatoms. The molecule has 0 saturated carbocycles. The largest absolute Gasteiger partial charge is 0.444 e. The predicted octanol–water partition coefficient (Wildman–Crippen LogP) is 6.07. The van der Waals surface area contributed by atoms with Crippen molar-refractivity contribution in [2.24, 2.45) is 5.41 Å². The maximum Gasteiger partial charge on any atom is 0.408 e. The van der Waals surface area contributed by atoms with Crippen molar-refractivity contribution in [1.82, 2.24) is 20.5 Å². The molecule has 1 saturated heterocycles. The quantitative estimate of drug-likeness (QED) is 0.378. The Bertz CT molecular complexity index is 1380. The molecule has 2 aromatic carbocycles. The molecule has 1 fully saturated rings. The Labute approximate surface area is 240 Å². The van der Waals surface area contributed by atoms with E-state index in [0.717, 1.165) is 39.9 Å². The normalized spacial score (nSPS) is 17.4. The van der Waals surface area contributed by atoms with E-state index in [2.05, 4.69) is 40.3 Å². The third-order valence-corrected chi connectivity index (χ3v) is 7.88. The minimum Gasteiger partial charge on any atom is -0.444 e. The van der Waals surface area contributed by atoms with Crippen LogP contribution in [-0.4, -0.2) is 52.0 Å². The lowest BCUT2D eigenvalue weighted by Crippen LogP contribution is -2.58. The van der Waals surface area contributed by atoms with Gasteiger partial charge in [0.1, 0.15) is 22.7 Å². The summed E-state index contributed by atoms with van der Waals surface area (Å²) in [5.74, 6) is -0.586. The van der Waals surface area contributed by atoms with Gasteiger partial charge >= 0.3 is 6.09 Å². The fraction of sp³-hybridized carbons (Fsp3) is 0.484. The molecule has 1 aliphatic heterocycles. The highest BCUT2D eigenvalue weighted by Crippen LogP contribution is 2.38.